The Kier molecular flexibility index (Phi) is 5.01. The van der Waals surface area contributed by atoms with Gasteiger partial charge in [0.1, 0.15) is 0 Å². The Morgan fingerprint density at radius 1 is 1.32 bits per heavy atom. The van der Waals surface area contributed by atoms with Crippen molar-refractivity contribution in [2.24, 2.45) is 0 Å². The number of hydrogen-bond acceptors (Lipinski definition) is 4. The molecule has 6 heteroatoms. The fraction of sp³-hybridized carbons (Fsp3) is 0.846. The molecule has 6 nitrogen and oxygen atoms in total. The van der Waals surface area contributed by atoms with Crippen LogP contribution in [-0.2, 0) is 9.53 Å². The second-order valence-corrected chi connectivity index (χ2v) is 5.12. The number of carbonyl (C=O) groups is 2. The van der Waals surface area contributed by atoms with E-state index in [1.165, 1.54) is 0 Å². The van der Waals surface area contributed by atoms with Gasteiger partial charge in [-0.3, -0.25) is 4.79 Å². The number of rotatable bonds is 3. The number of nitrogens with one attached hydrogen (secondary N) is 2. The lowest BCUT2D eigenvalue weighted by molar-refractivity contribution is -0.123. The van der Waals surface area contributed by atoms with Crippen molar-refractivity contribution in [3.05, 3.63) is 0 Å². The standard InChI is InChI=1S/C13H23N3O3/c1-2-19-13(18)16-8-5-10(6-9-16)15-12(17)11-4-3-7-14-11/h10-11,14H,2-9H2,1H3,(H,15,17)/t11-/m1/s1. The van der Waals surface area contributed by atoms with E-state index in [-0.39, 0.29) is 24.1 Å². The van der Waals surface area contributed by atoms with Crippen LogP contribution in [0.5, 0.6) is 0 Å². The van der Waals surface area contributed by atoms with Crippen LogP contribution in [0.2, 0.25) is 0 Å². The molecule has 108 valence electrons. The summed E-state index contributed by atoms with van der Waals surface area (Å²) in [7, 11) is 0. The van der Waals surface area contributed by atoms with Crippen LogP contribution in [0.25, 0.3) is 0 Å². The molecule has 2 N–H and O–H groups in total. The van der Waals surface area contributed by atoms with Crippen molar-refractivity contribution in [3.63, 3.8) is 0 Å². The summed E-state index contributed by atoms with van der Waals surface area (Å²) in [5.74, 6) is 0.104. The number of hydrogen-bond donors (Lipinski definition) is 2. The fourth-order valence-corrected chi connectivity index (χ4v) is 2.63. The number of amides is 2. The number of nitrogens with zero attached hydrogens (tertiary/aromatic N) is 1. The zero-order valence-corrected chi connectivity index (χ0v) is 11.5. The fourth-order valence-electron chi connectivity index (χ4n) is 2.63. The maximum absolute atomic E-state index is 12.0. The zero-order chi connectivity index (χ0) is 13.7. The first-order chi connectivity index (χ1) is 9.20. The highest BCUT2D eigenvalue weighted by atomic mass is 16.6. The second-order valence-electron chi connectivity index (χ2n) is 5.12. The number of likely N-dealkylation sites (tertiary alicyclic amines) is 1. The van der Waals surface area contributed by atoms with Crippen molar-refractivity contribution in [1.82, 2.24) is 15.5 Å². The molecular formula is C13H23N3O3. The molecule has 2 saturated heterocycles. The average Bonchev–Trinajstić information content (AvgIpc) is 2.94. The average molecular weight is 269 g/mol. The van der Waals surface area contributed by atoms with E-state index in [1.54, 1.807) is 11.8 Å². The number of carbonyl (C=O) groups excluding carboxylic acids is 2. The van der Waals surface area contributed by atoms with E-state index < -0.39 is 0 Å². The lowest BCUT2D eigenvalue weighted by Gasteiger charge is -2.32. The Labute approximate surface area is 113 Å². The second kappa shape index (κ2) is 6.75. The largest absolute Gasteiger partial charge is 0.450 e. The summed E-state index contributed by atoms with van der Waals surface area (Å²) in [6.07, 6.45) is 3.35. The van der Waals surface area contributed by atoms with Gasteiger partial charge in [0.2, 0.25) is 5.91 Å². The van der Waals surface area contributed by atoms with E-state index in [9.17, 15) is 9.59 Å². The first kappa shape index (κ1) is 14.1. The number of piperidine rings is 1. The van der Waals surface area contributed by atoms with E-state index in [4.69, 9.17) is 4.74 Å². The van der Waals surface area contributed by atoms with Crippen LogP contribution in [0.1, 0.15) is 32.6 Å². The third-order valence-corrected chi connectivity index (χ3v) is 3.74. The van der Waals surface area contributed by atoms with Crippen molar-refractivity contribution in [1.29, 1.82) is 0 Å². The summed E-state index contributed by atoms with van der Waals surface area (Å²) in [6.45, 7) is 4.45. The molecule has 2 heterocycles. The molecule has 0 aromatic rings. The van der Waals surface area contributed by atoms with Crippen LogP contribution in [0.4, 0.5) is 4.79 Å². The van der Waals surface area contributed by atoms with Gasteiger partial charge in [0, 0.05) is 19.1 Å². The van der Waals surface area contributed by atoms with Gasteiger partial charge in [-0.15, -0.1) is 0 Å². The van der Waals surface area contributed by atoms with E-state index in [0.717, 1.165) is 32.2 Å². The van der Waals surface area contributed by atoms with Crippen molar-refractivity contribution in [2.75, 3.05) is 26.2 Å². The first-order valence-electron chi connectivity index (χ1n) is 7.16. The van der Waals surface area contributed by atoms with Gasteiger partial charge in [-0.2, -0.15) is 0 Å². The van der Waals surface area contributed by atoms with Gasteiger partial charge >= 0.3 is 6.09 Å². The summed E-state index contributed by atoms with van der Waals surface area (Å²) in [6, 6.07) is 0.156. The zero-order valence-electron chi connectivity index (χ0n) is 11.5. The molecule has 0 saturated carbocycles. The highest BCUT2D eigenvalue weighted by Gasteiger charge is 2.27. The predicted octanol–water partition coefficient (Wildman–Crippen LogP) is 0.476. The molecule has 0 spiro atoms. The van der Waals surface area contributed by atoms with Crippen molar-refractivity contribution in [2.45, 2.75) is 44.7 Å². The monoisotopic (exact) mass is 269 g/mol. The SMILES string of the molecule is CCOC(=O)N1CCC(NC(=O)[C@H]2CCCN2)CC1. The summed E-state index contributed by atoms with van der Waals surface area (Å²) in [4.78, 5) is 25.2. The van der Waals surface area contributed by atoms with Crippen molar-refractivity contribution in [3.8, 4) is 0 Å². The Balaban J connectivity index is 1.71. The maximum atomic E-state index is 12.0. The van der Waals surface area contributed by atoms with E-state index in [1.807, 2.05) is 0 Å². The van der Waals surface area contributed by atoms with Crippen molar-refractivity contribution < 1.29 is 14.3 Å². The molecule has 0 unspecified atom stereocenters. The Bertz CT molecular complexity index is 321. The van der Waals surface area contributed by atoms with Crippen LogP contribution in [0.3, 0.4) is 0 Å². The van der Waals surface area contributed by atoms with E-state index >= 15 is 0 Å². The maximum Gasteiger partial charge on any atom is 0.409 e. The molecule has 0 radical (unpaired) electrons. The van der Waals surface area contributed by atoms with Crippen LogP contribution >= 0.6 is 0 Å². The molecular weight excluding hydrogens is 246 g/mol. The smallest absolute Gasteiger partial charge is 0.409 e. The van der Waals surface area contributed by atoms with Crippen LogP contribution in [-0.4, -0.2) is 55.2 Å². The Morgan fingerprint density at radius 2 is 2.05 bits per heavy atom. The Hall–Kier alpha value is -1.30. The normalized spacial score (nSPS) is 24.3. The highest BCUT2D eigenvalue weighted by molar-refractivity contribution is 5.82. The summed E-state index contributed by atoms with van der Waals surface area (Å²) >= 11 is 0. The molecule has 2 amide bonds. The number of ether oxygens (including phenoxy) is 1. The minimum absolute atomic E-state index is 0.0249. The van der Waals surface area contributed by atoms with Crippen LogP contribution < -0.4 is 10.6 Å². The summed E-state index contributed by atoms with van der Waals surface area (Å²) < 4.78 is 4.97. The summed E-state index contributed by atoms with van der Waals surface area (Å²) in [5, 5.41) is 6.27. The van der Waals surface area contributed by atoms with Gasteiger partial charge in [0.15, 0.2) is 0 Å². The molecule has 0 bridgehead atoms. The molecule has 0 aromatic carbocycles. The summed E-state index contributed by atoms with van der Waals surface area (Å²) in [5.41, 5.74) is 0. The minimum atomic E-state index is -0.246. The van der Waals surface area contributed by atoms with Gasteiger partial charge in [0.05, 0.1) is 12.6 Å². The highest BCUT2D eigenvalue weighted by Crippen LogP contribution is 2.13. The molecule has 2 rings (SSSR count). The molecule has 1 atom stereocenters. The topological polar surface area (TPSA) is 70.7 Å². The molecule has 2 fully saturated rings. The van der Waals surface area contributed by atoms with Crippen molar-refractivity contribution >= 4 is 12.0 Å². The quantitative estimate of drug-likeness (QED) is 0.781. The van der Waals surface area contributed by atoms with Gasteiger partial charge in [-0.1, -0.05) is 0 Å². The molecule has 2 aliphatic heterocycles. The van der Waals surface area contributed by atoms with Crippen LogP contribution in [0, 0.1) is 0 Å². The third kappa shape index (κ3) is 3.83. The predicted molar refractivity (Wildman–Crippen MR) is 70.8 cm³/mol. The van der Waals surface area contributed by atoms with Gasteiger partial charge < -0.3 is 20.3 Å². The molecule has 19 heavy (non-hydrogen) atoms. The van der Waals surface area contributed by atoms with Crippen LogP contribution in [0.15, 0.2) is 0 Å². The lowest BCUT2D eigenvalue weighted by atomic mass is 10.0. The lowest BCUT2D eigenvalue weighted by Crippen LogP contribution is -2.50. The van der Waals surface area contributed by atoms with E-state index in [2.05, 4.69) is 10.6 Å². The van der Waals surface area contributed by atoms with Gasteiger partial charge in [0.25, 0.3) is 0 Å². The molecule has 0 aromatic heterocycles. The van der Waals surface area contributed by atoms with Gasteiger partial charge in [-0.05, 0) is 39.2 Å². The van der Waals surface area contributed by atoms with Gasteiger partial charge in [-0.25, -0.2) is 4.79 Å². The third-order valence-electron chi connectivity index (χ3n) is 3.74. The minimum Gasteiger partial charge on any atom is -0.450 e. The first-order valence-corrected chi connectivity index (χ1v) is 7.16. The molecule has 2 aliphatic rings. The molecule has 0 aliphatic carbocycles. The van der Waals surface area contributed by atoms with E-state index in [0.29, 0.717) is 19.7 Å². The Morgan fingerprint density at radius 3 is 2.63 bits per heavy atom.